The first-order chi connectivity index (χ1) is 5.36. The first-order valence-corrected chi connectivity index (χ1v) is 5.76. The molecule has 0 aromatic rings. The summed E-state index contributed by atoms with van der Waals surface area (Å²) in [6.07, 6.45) is 4.33. The average molecular weight is 171 g/mol. The number of hydrogen-bond acceptors (Lipinski definition) is 2. The van der Waals surface area contributed by atoms with Crippen LogP contribution in [0.4, 0.5) is 0 Å². The van der Waals surface area contributed by atoms with Crippen LogP contribution in [0.25, 0.3) is 0 Å². The first kappa shape index (κ1) is 7.93. The van der Waals surface area contributed by atoms with Gasteiger partial charge in [-0.2, -0.15) is 11.8 Å². The molecule has 1 nitrogen and oxygen atoms in total. The number of nitrogens with one attached hydrogen (secondary N) is 1. The minimum Gasteiger partial charge on any atom is -0.313 e. The van der Waals surface area contributed by atoms with Crippen LogP contribution in [0.15, 0.2) is 0 Å². The van der Waals surface area contributed by atoms with Gasteiger partial charge in [0.05, 0.1) is 0 Å². The molecule has 0 radical (unpaired) electrons. The van der Waals surface area contributed by atoms with Crippen molar-refractivity contribution in [1.82, 2.24) is 5.32 Å². The highest BCUT2D eigenvalue weighted by molar-refractivity contribution is 8.00. The molecule has 11 heavy (non-hydrogen) atoms. The Bertz CT molecular complexity index is 134. The molecule has 1 N–H and O–H groups in total. The lowest BCUT2D eigenvalue weighted by Gasteiger charge is -2.15. The molecule has 64 valence electrons. The van der Waals surface area contributed by atoms with E-state index in [9.17, 15) is 0 Å². The summed E-state index contributed by atoms with van der Waals surface area (Å²) in [5.74, 6) is 2.40. The van der Waals surface area contributed by atoms with E-state index >= 15 is 0 Å². The SMILES string of the molecule is CC1SCCC1NCC1CC1. The fourth-order valence-corrected chi connectivity index (χ4v) is 2.87. The van der Waals surface area contributed by atoms with Crippen molar-refractivity contribution in [1.29, 1.82) is 0 Å². The van der Waals surface area contributed by atoms with E-state index in [0.717, 1.165) is 17.2 Å². The van der Waals surface area contributed by atoms with Crippen molar-refractivity contribution >= 4 is 11.8 Å². The van der Waals surface area contributed by atoms with Crippen LogP contribution in [0, 0.1) is 5.92 Å². The largest absolute Gasteiger partial charge is 0.313 e. The van der Waals surface area contributed by atoms with Crippen molar-refractivity contribution in [3.63, 3.8) is 0 Å². The summed E-state index contributed by atoms with van der Waals surface area (Å²) in [6.45, 7) is 3.64. The van der Waals surface area contributed by atoms with E-state index in [0.29, 0.717) is 0 Å². The molecule has 2 rings (SSSR count). The minimum absolute atomic E-state index is 0.820. The lowest BCUT2D eigenvalue weighted by molar-refractivity contribution is 0.498. The number of rotatable bonds is 3. The van der Waals surface area contributed by atoms with Gasteiger partial charge in [-0.15, -0.1) is 0 Å². The van der Waals surface area contributed by atoms with Gasteiger partial charge in [-0.1, -0.05) is 6.92 Å². The van der Waals surface area contributed by atoms with Gasteiger partial charge in [0.1, 0.15) is 0 Å². The fourth-order valence-electron chi connectivity index (χ4n) is 1.64. The van der Waals surface area contributed by atoms with E-state index in [1.165, 1.54) is 31.6 Å². The molecular weight excluding hydrogens is 154 g/mol. The molecule has 1 aliphatic carbocycles. The Morgan fingerprint density at radius 1 is 1.36 bits per heavy atom. The Balaban J connectivity index is 1.67. The second-order valence-electron chi connectivity index (χ2n) is 3.82. The van der Waals surface area contributed by atoms with Gasteiger partial charge in [0.15, 0.2) is 0 Å². The molecule has 1 saturated heterocycles. The quantitative estimate of drug-likeness (QED) is 0.696. The Hall–Kier alpha value is 0.310. The topological polar surface area (TPSA) is 12.0 Å². The van der Waals surface area contributed by atoms with Crippen molar-refractivity contribution in [2.24, 2.45) is 5.92 Å². The Kier molecular flexibility index (Phi) is 2.42. The fraction of sp³-hybridized carbons (Fsp3) is 1.00. The smallest absolute Gasteiger partial charge is 0.0191 e. The molecular formula is C9H17NS. The van der Waals surface area contributed by atoms with E-state index < -0.39 is 0 Å². The van der Waals surface area contributed by atoms with Crippen LogP contribution >= 0.6 is 11.8 Å². The molecule has 1 aliphatic heterocycles. The van der Waals surface area contributed by atoms with Gasteiger partial charge in [-0.05, 0) is 37.5 Å². The molecule has 0 spiro atoms. The molecule has 0 aromatic heterocycles. The summed E-state index contributed by atoms with van der Waals surface area (Å²) >= 11 is 2.11. The van der Waals surface area contributed by atoms with Crippen molar-refractivity contribution in [3.05, 3.63) is 0 Å². The van der Waals surface area contributed by atoms with Gasteiger partial charge < -0.3 is 5.32 Å². The molecule has 1 saturated carbocycles. The van der Waals surface area contributed by atoms with Crippen molar-refractivity contribution in [3.8, 4) is 0 Å². The summed E-state index contributed by atoms with van der Waals surface area (Å²) in [6, 6.07) is 0.820. The molecule has 2 unspecified atom stereocenters. The molecule has 2 heteroatoms. The predicted molar refractivity (Wildman–Crippen MR) is 51.1 cm³/mol. The van der Waals surface area contributed by atoms with Crippen molar-refractivity contribution < 1.29 is 0 Å². The van der Waals surface area contributed by atoms with Crippen LogP contribution in [0.2, 0.25) is 0 Å². The third-order valence-corrected chi connectivity index (χ3v) is 4.07. The average Bonchev–Trinajstić information content (AvgIpc) is 2.73. The maximum Gasteiger partial charge on any atom is 0.0191 e. The Morgan fingerprint density at radius 2 is 2.18 bits per heavy atom. The molecule has 1 heterocycles. The molecule has 0 amide bonds. The van der Waals surface area contributed by atoms with Crippen molar-refractivity contribution in [2.45, 2.75) is 37.5 Å². The van der Waals surface area contributed by atoms with Gasteiger partial charge in [0, 0.05) is 11.3 Å². The number of hydrogen-bond donors (Lipinski definition) is 1. The molecule has 0 aromatic carbocycles. The van der Waals surface area contributed by atoms with Gasteiger partial charge in [-0.3, -0.25) is 0 Å². The summed E-state index contributed by atoms with van der Waals surface area (Å²) in [5.41, 5.74) is 0. The van der Waals surface area contributed by atoms with E-state index in [4.69, 9.17) is 0 Å². The summed E-state index contributed by atoms with van der Waals surface area (Å²) in [4.78, 5) is 0. The van der Waals surface area contributed by atoms with Crippen LogP contribution in [0.5, 0.6) is 0 Å². The van der Waals surface area contributed by atoms with Gasteiger partial charge in [-0.25, -0.2) is 0 Å². The van der Waals surface area contributed by atoms with E-state index in [-0.39, 0.29) is 0 Å². The Morgan fingerprint density at radius 3 is 2.73 bits per heavy atom. The van der Waals surface area contributed by atoms with Crippen LogP contribution in [0.1, 0.15) is 26.2 Å². The minimum atomic E-state index is 0.820. The highest BCUT2D eigenvalue weighted by Crippen LogP contribution is 2.30. The van der Waals surface area contributed by atoms with E-state index in [1.807, 2.05) is 0 Å². The second-order valence-corrected chi connectivity index (χ2v) is 5.31. The molecule has 0 bridgehead atoms. The van der Waals surface area contributed by atoms with Crippen molar-refractivity contribution in [2.75, 3.05) is 12.3 Å². The van der Waals surface area contributed by atoms with Gasteiger partial charge in [0.25, 0.3) is 0 Å². The standard InChI is InChI=1S/C9H17NS/c1-7-9(4-5-11-7)10-6-8-2-3-8/h7-10H,2-6H2,1H3. The highest BCUT2D eigenvalue weighted by Gasteiger charge is 2.27. The monoisotopic (exact) mass is 171 g/mol. The third kappa shape index (κ3) is 2.12. The maximum absolute atomic E-state index is 3.67. The van der Waals surface area contributed by atoms with Crippen LogP contribution in [0.3, 0.4) is 0 Å². The summed E-state index contributed by atoms with van der Waals surface area (Å²) in [7, 11) is 0. The van der Waals surface area contributed by atoms with Gasteiger partial charge >= 0.3 is 0 Å². The van der Waals surface area contributed by atoms with Crippen LogP contribution in [-0.2, 0) is 0 Å². The van der Waals surface area contributed by atoms with E-state index in [2.05, 4.69) is 24.0 Å². The lowest BCUT2D eigenvalue weighted by Crippen LogP contribution is -2.34. The Labute approximate surface area is 73.3 Å². The number of thioether (sulfide) groups is 1. The molecule has 2 fully saturated rings. The maximum atomic E-state index is 3.67. The zero-order chi connectivity index (χ0) is 7.68. The zero-order valence-corrected chi connectivity index (χ0v) is 7.99. The second kappa shape index (κ2) is 3.36. The first-order valence-electron chi connectivity index (χ1n) is 4.71. The summed E-state index contributed by atoms with van der Waals surface area (Å²) < 4.78 is 0. The highest BCUT2D eigenvalue weighted by atomic mass is 32.2. The van der Waals surface area contributed by atoms with Crippen LogP contribution < -0.4 is 5.32 Å². The molecule has 2 atom stereocenters. The normalized spacial score (nSPS) is 37.9. The predicted octanol–water partition coefficient (Wildman–Crippen LogP) is 1.88. The molecule has 2 aliphatic rings. The zero-order valence-electron chi connectivity index (χ0n) is 7.18. The van der Waals surface area contributed by atoms with Crippen LogP contribution in [-0.4, -0.2) is 23.6 Å². The van der Waals surface area contributed by atoms with E-state index in [1.54, 1.807) is 0 Å². The van der Waals surface area contributed by atoms with Gasteiger partial charge in [0.2, 0.25) is 0 Å². The summed E-state index contributed by atoms with van der Waals surface area (Å²) in [5, 5.41) is 4.53. The third-order valence-electron chi connectivity index (χ3n) is 2.74. The lowest BCUT2D eigenvalue weighted by atomic mass is 10.1.